The minimum Gasteiger partial charge on any atom is -0.383 e. The predicted molar refractivity (Wildman–Crippen MR) is 83.6 cm³/mol. The van der Waals surface area contributed by atoms with Crippen molar-refractivity contribution in [2.45, 2.75) is 13.0 Å². The molecule has 0 aliphatic rings. The van der Waals surface area contributed by atoms with Gasteiger partial charge in [-0.1, -0.05) is 34.8 Å². The van der Waals surface area contributed by atoms with Crippen LogP contribution in [0, 0.1) is 0 Å². The molecule has 0 saturated carbocycles. The maximum absolute atomic E-state index is 6.14. The van der Waals surface area contributed by atoms with Crippen LogP contribution in [0.2, 0.25) is 15.1 Å². The van der Waals surface area contributed by atoms with Gasteiger partial charge in [-0.15, -0.1) is 0 Å². The van der Waals surface area contributed by atoms with Gasteiger partial charge in [0.25, 0.3) is 0 Å². The summed E-state index contributed by atoms with van der Waals surface area (Å²) in [4.78, 5) is 4.27. The fraction of sp³-hybridized carbons (Fsp3) is 0.308. The summed E-state index contributed by atoms with van der Waals surface area (Å²) in [5.41, 5.74) is 0.651. The molecule has 0 fully saturated rings. The third-order valence-electron chi connectivity index (χ3n) is 2.81. The Morgan fingerprint density at radius 2 is 1.95 bits per heavy atom. The van der Waals surface area contributed by atoms with Crippen molar-refractivity contribution in [3.8, 4) is 0 Å². The molecular formula is C13H14Cl3N3O. The van der Waals surface area contributed by atoms with Gasteiger partial charge in [0.1, 0.15) is 0 Å². The van der Waals surface area contributed by atoms with E-state index in [1.54, 1.807) is 25.4 Å². The Balaban J connectivity index is 2.27. The Bertz CT molecular complexity index is 601. The van der Waals surface area contributed by atoms with E-state index in [1.165, 1.54) is 0 Å². The van der Waals surface area contributed by atoms with Crippen molar-refractivity contribution in [1.82, 2.24) is 9.55 Å². The Hall–Kier alpha value is -0.940. The molecule has 2 rings (SSSR count). The van der Waals surface area contributed by atoms with E-state index in [0.717, 1.165) is 0 Å². The molecule has 1 aromatic carbocycles. The molecule has 0 saturated heterocycles. The summed E-state index contributed by atoms with van der Waals surface area (Å²) < 4.78 is 7.11. The molecule has 4 nitrogen and oxygen atoms in total. The Morgan fingerprint density at radius 3 is 2.65 bits per heavy atom. The number of imidazole rings is 1. The van der Waals surface area contributed by atoms with Gasteiger partial charge < -0.3 is 14.6 Å². The molecule has 0 spiro atoms. The predicted octanol–water partition coefficient (Wildman–Crippen LogP) is 4.79. The lowest BCUT2D eigenvalue weighted by atomic mass is 10.3. The van der Waals surface area contributed by atoms with Crippen molar-refractivity contribution in [3.63, 3.8) is 0 Å². The van der Waals surface area contributed by atoms with E-state index >= 15 is 0 Å². The average molecular weight is 335 g/mol. The zero-order valence-electron chi connectivity index (χ0n) is 11.0. The second kappa shape index (κ2) is 6.68. The molecule has 0 bridgehead atoms. The van der Waals surface area contributed by atoms with E-state index in [1.807, 2.05) is 17.7 Å². The number of ether oxygens (including phenoxy) is 1. The maximum atomic E-state index is 6.14. The summed E-state index contributed by atoms with van der Waals surface area (Å²) in [6, 6.07) is 3.41. The van der Waals surface area contributed by atoms with Crippen LogP contribution in [0.1, 0.15) is 13.0 Å². The van der Waals surface area contributed by atoms with Crippen LogP contribution in [0.4, 0.5) is 11.6 Å². The summed E-state index contributed by atoms with van der Waals surface area (Å²) in [5, 5.41) is 4.48. The largest absolute Gasteiger partial charge is 0.383 e. The Labute approximate surface area is 132 Å². The first-order valence-corrected chi connectivity index (χ1v) is 7.09. The molecule has 2 aromatic rings. The first kappa shape index (κ1) is 15.4. The lowest BCUT2D eigenvalue weighted by Crippen LogP contribution is -2.12. The number of halogens is 3. The quantitative estimate of drug-likeness (QED) is 0.799. The van der Waals surface area contributed by atoms with E-state index in [9.17, 15) is 0 Å². The number of nitrogens with one attached hydrogen (secondary N) is 1. The van der Waals surface area contributed by atoms with Gasteiger partial charge >= 0.3 is 0 Å². The number of benzene rings is 1. The smallest absolute Gasteiger partial charge is 0.207 e. The molecule has 1 heterocycles. The van der Waals surface area contributed by atoms with Gasteiger partial charge in [0.2, 0.25) is 5.95 Å². The van der Waals surface area contributed by atoms with Gasteiger partial charge in [0.05, 0.1) is 33.4 Å². The molecule has 0 aliphatic carbocycles. The highest BCUT2D eigenvalue weighted by molar-refractivity contribution is 6.44. The highest BCUT2D eigenvalue weighted by atomic mass is 35.5. The molecule has 20 heavy (non-hydrogen) atoms. The first-order chi connectivity index (χ1) is 9.52. The van der Waals surface area contributed by atoms with Crippen LogP contribution in [0.3, 0.4) is 0 Å². The van der Waals surface area contributed by atoms with Crippen LogP contribution in [0.5, 0.6) is 0 Å². The molecule has 1 unspecified atom stereocenters. The monoisotopic (exact) mass is 333 g/mol. The standard InChI is InChI=1S/C13H14Cl3N3O/c1-8(7-20-2)19-4-3-17-13(19)18-12-6-10(15)9(14)5-11(12)16/h3-6,8H,7H2,1-2H3,(H,17,18). The van der Waals surface area contributed by atoms with E-state index in [-0.39, 0.29) is 6.04 Å². The minimum atomic E-state index is 0.145. The Kier molecular flexibility index (Phi) is 5.16. The van der Waals surface area contributed by atoms with Crippen molar-refractivity contribution in [2.24, 2.45) is 0 Å². The van der Waals surface area contributed by atoms with Gasteiger partial charge in [-0.2, -0.15) is 0 Å². The summed E-state index contributed by atoms with van der Waals surface area (Å²) >= 11 is 18.1. The fourth-order valence-electron chi connectivity index (χ4n) is 1.83. The van der Waals surface area contributed by atoms with E-state index in [2.05, 4.69) is 10.3 Å². The number of hydrogen-bond acceptors (Lipinski definition) is 3. The molecule has 108 valence electrons. The number of hydrogen-bond donors (Lipinski definition) is 1. The van der Waals surface area contributed by atoms with Crippen LogP contribution in [0.15, 0.2) is 24.5 Å². The van der Waals surface area contributed by atoms with Crippen molar-refractivity contribution in [1.29, 1.82) is 0 Å². The van der Waals surface area contributed by atoms with Gasteiger partial charge in [0.15, 0.2) is 0 Å². The number of nitrogens with zero attached hydrogens (tertiary/aromatic N) is 2. The number of rotatable bonds is 5. The van der Waals surface area contributed by atoms with Crippen molar-refractivity contribution in [3.05, 3.63) is 39.6 Å². The Morgan fingerprint density at radius 1 is 1.25 bits per heavy atom. The van der Waals surface area contributed by atoms with Crippen molar-refractivity contribution in [2.75, 3.05) is 19.0 Å². The molecule has 7 heteroatoms. The van der Waals surface area contributed by atoms with Crippen molar-refractivity contribution >= 4 is 46.4 Å². The minimum absolute atomic E-state index is 0.145. The second-order valence-electron chi connectivity index (χ2n) is 4.33. The van der Waals surface area contributed by atoms with Gasteiger partial charge in [-0.05, 0) is 19.1 Å². The molecule has 1 aromatic heterocycles. The first-order valence-electron chi connectivity index (χ1n) is 5.96. The van der Waals surface area contributed by atoms with E-state index < -0.39 is 0 Å². The summed E-state index contributed by atoms with van der Waals surface area (Å²) in [7, 11) is 1.66. The molecule has 1 N–H and O–H groups in total. The topological polar surface area (TPSA) is 39.1 Å². The van der Waals surface area contributed by atoms with Gasteiger partial charge in [-0.25, -0.2) is 4.98 Å². The third-order valence-corrected chi connectivity index (χ3v) is 3.84. The van der Waals surface area contributed by atoms with Crippen LogP contribution in [0.25, 0.3) is 0 Å². The molecular weight excluding hydrogens is 321 g/mol. The zero-order chi connectivity index (χ0) is 14.7. The van der Waals surface area contributed by atoms with Crippen LogP contribution < -0.4 is 5.32 Å². The lowest BCUT2D eigenvalue weighted by Gasteiger charge is -2.17. The number of aromatic nitrogens is 2. The summed E-state index contributed by atoms with van der Waals surface area (Å²) in [5.74, 6) is 0.662. The van der Waals surface area contributed by atoms with Crippen LogP contribution in [-0.2, 0) is 4.74 Å². The SMILES string of the molecule is COCC(C)n1ccnc1Nc1cc(Cl)c(Cl)cc1Cl. The van der Waals surface area contributed by atoms with E-state index in [4.69, 9.17) is 39.5 Å². The van der Waals surface area contributed by atoms with Crippen LogP contribution >= 0.6 is 34.8 Å². The van der Waals surface area contributed by atoms with Gasteiger partial charge in [0, 0.05) is 19.5 Å². The van der Waals surface area contributed by atoms with E-state index in [0.29, 0.717) is 33.3 Å². The summed E-state index contributed by atoms with van der Waals surface area (Å²) in [6.07, 6.45) is 3.58. The highest BCUT2D eigenvalue weighted by Crippen LogP contribution is 2.33. The molecule has 0 amide bonds. The lowest BCUT2D eigenvalue weighted by molar-refractivity contribution is 0.163. The molecule has 0 radical (unpaired) electrons. The third kappa shape index (κ3) is 3.38. The van der Waals surface area contributed by atoms with Gasteiger partial charge in [-0.3, -0.25) is 0 Å². The molecule has 0 aliphatic heterocycles. The average Bonchev–Trinajstić information content (AvgIpc) is 2.84. The molecule has 1 atom stereocenters. The number of anilines is 2. The highest BCUT2D eigenvalue weighted by Gasteiger charge is 2.12. The summed E-state index contributed by atoms with van der Waals surface area (Å²) in [6.45, 7) is 2.62. The second-order valence-corrected chi connectivity index (χ2v) is 5.56. The zero-order valence-corrected chi connectivity index (χ0v) is 13.3. The normalized spacial score (nSPS) is 12.4. The van der Waals surface area contributed by atoms with Crippen molar-refractivity contribution < 1.29 is 4.74 Å². The van der Waals surface area contributed by atoms with Crippen LogP contribution in [-0.4, -0.2) is 23.3 Å². The maximum Gasteiger partial charge on any atom is 0.207 e. The number of methoxy groups -OCH3 is 1. The fourth-order valence-corrected chi connectivity index (χ4v) is 2.42.